The largest absolute Gasteiger partial charge is 0.341 e. The van der Waals surface area contributed by atoms with E-state index in [2.05, 4.69) is 118 Å². The van der Waals surface area contributed by atoms with Crippen LogP contribution in [0.1, 0.15) is 56.9 Å². The predicted molar refractivity (Wildman–Crippen MR) is 160 cm³/mol. The third-order valence-electron chi connectivity index (χ3n) is 7.71. The van der Waals surface area contributed by atoms with Gasteiger partial charge in [0.1, 0.15) is 12.2 Å². The lowest BCUT2D eigenvalue weighted by atomic mass is 9.72. The van der Waals surface area contributed by atoms with Crippen molar-refractivity contribution >= 4 is 8.38 Å². The highest BCUT2D eigenvalue weighted by molar-refractivity contribution is 7.49. The fourth-order valence-electron chi connectivity index (χ4n) is 5.96. The molecule has 40 heavy (non-hydrogen) atoms. The van der Waals surface area contributed by atoms with Gasteiger partial charge in [0, 0.05) is 5.16 Å². The van der Waals surface area contributed by atoms with Crippen LogP contribution in [0.25, 0.3) is 0 Å². The average molecular weight is 553 g/mol. The van der Waals surface area contributed by atoms with Gasteiger partial charge in [-0.15, -0.1) is 0 Å². The van der Waals surface area contributed by atoms with E-state index in [0.29, 0.717) is 0 Å². The molecule has 0 saturated carbocycles. The summed E-state index contributed by atoms with van der Waals surface area (Å²) in [5, 5.41) is -0.326. The first kappa shape index (κ1) is 27.3. The quantitative estimate of drug-likeness (QED) is 0.238. The normalized spacial score (nSPS) is 23.7. The molecule has 2 heterocycles. The Morgan fingerprint density at radius 1 is 0.500 bits per heavy atom. The zero-order valence-electron chi connectivity index (χ0n) is 23.8. The van der Waals surface area contributed by atoms with E-state index in [1.807, 2.05) is 38.1 Å². The van der Waals surface area contributed by atoms with E-state index in [4.69, 9.17) is 18.5 Å². The van der Waals surface area contributed by atoms with Crippen LogP contribution < -0.4 is 0 Å². The summed E-state index contributed by atoms with van der Waals surface area (Å²) in [7, 11) is -1.53. The highest BCUT2D eigenvalue weighted by atomic mass is 31.2. The molecule has 206 valence electrons. The van der Waals surface area contributed by atoms with Crippen LogP contribution >= 0.6 is 8.38 Å². The minimum atomic E-state index is -1.53. The van der Waals surface area contributed by atoms with E-state index in [1.165, 1.54) is 0 Å². The van der Waals surface area contributed by atoms with Gasteiger partial charge in [-0.1, -0.05) is 142 Å². The molecule has 4 aromatic rings. The molecule has 2 aliphatic rings. The first-order valence-corrected chi connectivity index (χ1v) is 15.1. The van der Waals surface area contributed by atoms with E-state index >= 15 is 0 Å². The van der Waals surface area contributed by atoms with Crippen LogP contribution in [0.5, 0.6) is 0 Å². The molecule has 0 amide bonds. The fraction of sp³-hybridized carbons (Fsp3) is 0.314. The SMILES string of the molecule is CC1(C)O[C@@H]2[C@@H](O1)C(c1ccccc1)(c1ccccc1)OP(C(C)(C)C)OC2(c1ccccc1)c1ccccc1. The molecule has 0 aliphatic carbocycles. The van der Waals surface area contributed by atoms with Crippen molar-refractivity contribution in [3.05, 3.63) is 144 Å². The molecular formula is C35H37O4P. The van der Waals surface area contributed by atoms with E-state index in [1.54, 1.807) is 0 Å². The molecule has 4 aromatic carbocycles. The first-order valence-electron chi connectivity index (χ1n) is 13.9. The molecule has 0 aromatic heterocycles. The molecule has 0 radical (unpaired) electrons. The van der Waals surface area contributed by atoms with Gasteiger partial charge in [-0.3, -0.25) is 0 Å². The second kappa shape index (κ2) is 10.2. The minimum absolute atomic E-state index is 0.326. The molecule has 2 fully saturated rings. The number of fused-ring (bicyclic) bond motifs is 1. The van der Waals surface area contributed by atoms with Crippen molar-refractivity contribution in [2.45, 2.75) is 69.0 Å². The van der Waals surface area contributed by atoms with Crippen LogP contribution in [0.4, 0.5) is 0 Å². The number of ether oxygens (including phenoxy) is 2. The van der Waals surface area contributed by atoms with Crippen molar-refractivity contribution in [3.8, 4) is 0 Å². The molecule has 5 heteroatoms. The highest BCUT2D eigenvalue weighted by Crippen LogP contribution is 2.68. The first-order chi connectivity index (χ1) is 19.2. The lowest BCUT2D eigenvalue weighted by Crippen LogP contribution is -2.53. The summed E-state index contributed by atoms with van der Waals surface area (Å²) in [6.45, 7) is 10.5. The van der Waals surface area contributed by atoms with Crippen molar-refractivity contribution < 1.29 is 18.5 Å². The summed E-state index contributed by atoms with van der Waals surface area (Å²) < 4.78 is 29.0. The standard InChI is InChI=1S/C35H37O4P/c1-32(2,3)40-38-34(26-18-10-6-11-19-26,27-20-12-7-13-21-27)30-31(37-33(4,5)36-30)35(39-40,28-22-14-8-15-23-28)29-24-16-9-17-25-29/h6-25,30-31H,1-5H3/t30-,31-/m1/s1. The van der Waals surface area contributed by atoms with E-state index in [9.17, 15) is 0 Å². The van der Waals surface area contributed by atoms with Gasteiger partial charge in [0.15, 0.2) is 25.4 Å². The molecule has 0 bridgehead atoms. The molecule has 0 spiro atoms. The Morgan fingerprint density at radius 3 is 1.02 bits per heavy atom. The van der Waals surface area contributed by atoms with Gasteiger partial charge >= 0.3 is 0 Å². The Bertz CT molecular complexity index is 1240. The molecule has 4 nitrogen and oxygen atoms in total. The number of benzene rings is 4. The molecule has 6 rings (SSSR count). The Kier molecular flexibility index (Phi) is 6.97. The number of hydrogen-bond donors (Lipinski definition) is 0. The third-order valence-corrected chi connectivity index (χ3v) is 9.71. The fourth-order valence-corrected chi connectivity index (χ4v) is 7.69. The van der Waals surface area contributed by atoms with Crippen molar-refractivity contribution in [1.82, 2.24) is 0 Å². The van der Waals surface area contributed by atoms with Gasteiger partial charge < -0.3 is 18.5 Å². The summed E-state index contributed by atoms with van der Waals surface area (Å²) in [5.41, 5.74) is 2.05. The zero-order chi connectivity index (χ0) is 28.0. The smallest absolute Gasteiger partial charge is 0.178 e. The Hall–Kier alpha value is -2.85. The molecule has 2 atom stereocenters. The molecular weight excluding hydrogens is 515 g/mol. The maximum atomic E-state index is 7.48. The van der Waals surface area contributed by atoms with Gasteiger partial charge in [-0.25, -0.2) is 0 Å². The van der Waals surface area contributed by atoms with E-state index in [-0.39, 0.29) is 5.16 Å². The van der Waals surface area contributed by atoms with Crippen molar-refractivity contribution in [1.29, 1.82) is 0 Å². The molecule has 2 saturated heterocycles. The summed E-state index contributed by atoms with van der Waals surface area (Å²) in [6.07, 6.45) is -1.08. The van der Waals surface area contributed by atoms with Crippen molar-refractivity contribution in [2.75, 3.05) is 0 Å². The van der Waals surface area contributed by atoms with E-state index in [0.717, 1.165) is 22.3 Å². The van der Waals surface area contributed by atoms with Crippen LogP contribution in [-0.4, -0.2) is 23.2 Å². The second-order valence-corrected chi connectivity index (χ2v) is 14.2. The molecule has 2 aliphatic heterocycles. The van der Waals surface area contributed by atoms with Crippen LogP contribution in [-0.2, 0) is 29.7 Å². The van der Waals surface area contributed by atoms with Crippen molar-refractivity contribution in [2.24, 2.45) is 0 Å². The lowest BCUT2D eigenvalue weighted by Gasteiger charge is -2.42. The second-order valence-electron chi connectivity index (χ2n) is 12.0. The van der Waals surface area contributed by atoms with Crippen LogP contribution in [0, 0.1) is 0 Å². The van der Waals surface area contributed by atoms with Crippen LogP contribution in [0.2, 0.25) is 0 Å². The van der Waals surface area contributed by atoms with Crippen molar-refractivity contribution in [3.63, 3.8) is 0 Å². The maximum Gasteiger partial charge on any atom is 0.178 e. The summed E-state index contributed by atoms with van der Waals surface area (Å²) >= 11 is 0. The summed E-state index contributed by atoms with van der Waals surface area (Å²) in [6, 6.07) is 41.7. The molecule has 0 unspecified atom stereocenters. The monoisotopic (exact) mass is 552 g/mol. The topological polar surface area (TPSA) is 36.9 Å². The number of hydrogen-bond acceptors (Lipinski definition) is 4. The van der Waals surface area contributed by atoms with Gasteiger partial charge in [-0.05, 0) is 36.1 Å². The third kappa shape index (κ3) is 4.53. The highest BCUT2D eigenvalue weighted by Gasteiger charge is 2.67. The predicted octanol–water partition coefficient (Wildman–Crippen LogP) is 8.55. The van der Waals surface area contributed by atoms with E-state index < -0.39 is 37.6 Å². The van der Waals surface area contributed by atoms with Gasteiger partial charge in [0.25, 0.3) is 0 Å². The summed E-state index contributed by atoms with van der Waals surface area (Å²) in [5.74, 6) is -0.881. The number of rotatable bonds is 4. The Morgan fingerprint density at radius 2 is 0.775 bits per heavy atom. The van der Waals surface area contributed by atoms with Crippen LogP contribution in [0.15, 0.2) is 121 Å². The summed E-state index contributed by atoms with van der Waals surface area (Å²) in [4.78, 5) is 0. The Balaban J connectivity index is 1.73. The van der Waals surface area contributed by atoms with Gasteiger partial charge in [-0.2, -0.15) is 0 Å². The Labute approximate surface area is 239 Å². The minimum Gasteiger partial charge on any atom is -0.341 e. The zero-order valence-corrected chi connectivity index (χ0v) is 24.7. The van der Waals surface area contributed by atoms with Gasteiger partial charge in [0.2, 0.25) is 0 Å². The lowest BCUT2D eigenvalue weighted by molar-refractivity contribution is -0.174. The van der Waals surface area contributed by atoms with Crippen LogP contribution in [0.3, 0.4) is 0 Å². The maximum absolute atomic E-state index is 7.48. The average Bonchev–Trinajstić information content (AvgIpc) is 3.24. The van der Waals surface area contributed by atoms with Gasteiger partial charge in [0.05, 0.1) is 0 Å². The molecule has 0 N–H and O–H groups in total.